The SMILES string of the molecule is OS1(O)C=CC1. The van der Waals surface area contributed by atoms with E-state index >= 15 is 0 Å². The van der Waals surface area contributed by atoms with Crippen LogP contribution in [-0.2, 0) is 0 Å². The van der Waals surface area contributed by atoms with Crippen molar-refractivity contribution in [2.45, 2.75) is 0 Å². The van der Waals surface area contributed by atoms with Crippen LogP contribution in [0.15, 0.2) is 11.5 Å². The van der Waals surface area contributed by atoms with Crippen molar-refractivity contribution in [1.82, 2.24) is 0 Å². The van der Waals surface area contributed by atoms with E-state index in [4.69, 9.17) is 9.11 Å². The first-order valence-corrected chi connectivity index (χ1v) is 3.41. The van der Waals surface area contributed by atoms with Gasteiger partial charge in [0.2, 0.25) is 0 Å². The summed E-state index contributed by atoms with van der Waals surface area (Å²) in [4.78, 5) is 0. The van der Waals surface area contributed by atoms with E-state index in [2.05, 4.69) is 0 Å². The van der Waals surface area contributed by atoms with Crippen LogP contribution < -0.4 is 0 Å². The molecule has 0 atom stereocenters. The Morgan fingerprint density at radius 2 is 1.83 bits per heavy atom. The smallest absolute Gasteiger partial charge is 0.0613 e. The van der Waals surface area contributed by atoms with Gasteiger partial charge in [-0.05, 0) is 6.08 Å². The van der Waals surface area contributed by atoms with Gasteiger partial charge in [-0.15, -0.1) is 0 Å². The van der Waals surface area contributed by atoms with Crippen molar-refractivity contribution in [3.63, 3.8) is 0 Å². The molecular formula is C3H6O2S. The third-order valence-electron chi connectivity index (χ3n) is 0.656. The monoisotopic (exact) mass is 106 g/mol. The van der Waals surface area contributed by atoms with Gasteiger partial charge in [-0.3, -0.25) is 9.11 Å². The molecule has 0 aromatic rings. The van der Waals surface area contributed by atoms with E-state index < -0.39 is 10.6 Å². The van der Waals surface area contributed by atoms with E-state index in [1.165, 1.54) is 5.41 Å². The Bertz CT molecular complexity index is 86.8. The third kappa shape index (κ3) is 0.566. The second-order valence-corrected chi connectivity index (χ2v) is 3.30. The molecular weight excluding hydrogens is 100 g/mol. The lowest BCUT2D eigenvalue weighted by molar-refractivity contribution is 0.499. The van der Waals surface area contributed by atoms with Crippen LogP contribution >= 0.6 is 10.6 Å². The molecule has 0 saturated carbocycles. The first-order valence-electron chi connectivity index (χ1n) is 1.63. The third-order valence-corrected chi connectivity index (χ3v) is 1.97. The Hall–Kier alpha value is 0.0100. The molecule has 1 aliphatic heterocycles. The molecule has 0 spiro atoms. The van der Waals surface area contributed by atoms with Crippen LogP contribution in [0.2, 0.25) is 0 Å². The summed E-state index contributed by atoms with van der Waals surface area (Å²) in [7, 11) is -2.16. The number of hydrogen-bond donors (Lipinski definition) is 2. The van der Waals surface area contributed by atoms with Crippen molar-refractivity contribution in [3.8, 4) is 0 Å². The van der Waals surface area contributed by atoms with E-state index in [1.54, 1.807) is 6.08 Å². The lowest BCUT2D eigenvalue weighted by Crippen LogP contribution is -2.03. The molecule has 0 bridgehead atoms. The molecule has 0 radical (unpaired) electrons. The Kier molecular flexibility index (Phi) is 0.691. The molecule has 1 heterocycles. The highest BCUT2D eigenvalue weighted by atomic mass is 32.3. The van der Waals surface area contributed by atoms with Gasteiger partial charge in [-0.1, -0.05) is 0 Å². The van der Waals surface area contributed by atoms with Crippen molar-refractivity contribution in [3.05, 3.63) is 11.5 Å². The summed E-state index contributed by atoms with van der Waals surface area (Å²) >= 11 is 0. The van der Waals surface area contributed by atoms with Crippen molar-refractivity contribution >= 4 is 10.6 Å². The Balaban J connectivity index is 2.57. The molecule has 0 unspecified atom stereocenters. The number of rotatable bonds is 0. The lowest BCUT2D eigenvalue weighted by Gasteiger charge is -2.32. The van der Waals surface area contributed by atoms with Gasteiger partial charge in [0.15, 0.2) is 0 Å². The molecule has 3 heteroatoms. The Morgan fingerprint density at radius 1 is 1.50 bits per heavy atom. The molecule has 0 saturated heterocycles. The van der Waals surface area contributed by atoms with Gasteiger partial charge >= 0.3 is 0 Å². The van der Waals surface area contributed by atoms with E-state index in [9.17, 15) is 0 Å². The second kappa shape index (κ2) is 0.992. The molecule has 0 aromatic heterocycles. The molecule has 1 aliphatic rings. The minimum Gasteiger partial charge on any atom is -0.295 e. The highest BCUT2D eigenvalue weighted by molar-refractivity contribution is 8.28. The maximum absolute atomic E-state index is 8.47. The molecule has 0 aliphatic carbocycles. The first-order chi connectivity index (χ1) is 2.71. The van der Waals surface area contributed by atoms with Crippen molar-refractivity contribution in [2.24, 2.45) is 0 Å². The highest BCUT2D eigenvalue weighted by Crippen LogP contribution is 2.46. The van der Waals surface area contributed by atoms with Crippen LogP contribution in [-0.4, -0.2) is 14.9 Å². The zero-order chi connectivity index (χ0) is 4.62. The fourth-order valence-electron chi connectivity index (χ4n) is 0.268. The standard InChI is InChI=1S/C3H6O2S/c4-6(5)2-1-3-6/h1-2,4-5H,3H2. The minimum absolute atomic E-state index is 0.465. The minimum atomic E-state index is -2.16. The van der Waals surface area contributed by atoms with E-state index in [0.717, 1.165) is 0 Å². The van der Waals surface area contributed by atoms with E-state index in [0.29, 0.717) is 5.75 Å². The normalized spacial score (nSPS) is 31.7. The van der Waals surface area contributed by atoms with Crippen molar-refractivity contribution in [2.75, 3.05) is 5.75 Å². The summed E-state index contributed by atoms with van der Waals surface area (Å²) in [6, 6.07) is 0. The Labute approximate surface area is 37.8 Å². The zero-order valence-electron chi connectivity index (χ0n) is 3.16. The highest BCUT2D eigenvalue weighted by Gasteiger charge is 2.11. The second-order valence-electron chi connectivity index (χ2n) is 1.26. The van der Waals surface area contributed by atoms with Crippen molar-refractivity contribution in [1.29, 1.82) is 0 Å². The van der Waals surface area contributed by atoms with E-state index in [-0.39, 0.29) is 0 Å². The number of hydrogen-bond acceptors (Lipinski definition) is 2. The van der Waals surface area contributed by atoms with Gasteiger partial charge in [-0.2, -0.15) is 10.6 Å². The molecule has 0 fully saturated rings. The van der Waals surface area contributed by atoms with Crippen LogP contribution in [0.5, 0.6) is 0 Å². The summed E-state index contributed by atoms with van der Waals surface area (Å²) in [6.45, 7) is 0. The molecule has 2 nitrogen and oxygen atoms in total. The van der Waals surface area contributed by atoms with Gasteiger partial charge in [0.05, 0.1) is 5.75 Å². The van der Waals surface area contributed by atoms with Gasteiger partial charge in [0.1, 0.15) is 0 Å². The molecule has 0 aromatic carbocycles. The predicted octanol–water partition coefficient (Wildman–Crippen LogP) is 1.26. The van der Waals surface area contributed by atoms with Gasteiger partial charge in [0, 0.05) is 5.41 Å². The van der Waals surface area contributed by atoms with Gasteiger partial charge < -0.3 is 0 Å². The summed E-state index contributed by atoms with van der Waals surface area (Å²) in [5.74, 6) is 0.465. The van der Waals surface area contributed by atoms with Crippen molar-refractivity contribution < 1.29 is 9.11 Å². The summed E-state index contributed by atoms with van der Waals surface area (Å²) < 4.78 is 16.9. The molecule has 2 N–H and O–H groups in total. The van der Waals surface area contributed by atoms with Crippen LogP contribution in [0.1, 0.15) is 0 Å². The van der Waals surface area contributed by atoms with Gasteiger partial charge in [0.25, 0.3) is 0 Å². The quantitative estimate of drug-likeness (QED) is 0.488. The van der Waals surface area contributed by atoms with Crippen LogP contribution in [0.25, 0.3) is 0 Å². The summed E-state index contributed by atoms with van der Waals surface area (Å²) in [5.41, 5.74) is 0. The predicted molar refractivity (Wildman–Crippen MR) is 26.9 cm³/mol. The maximum atomic E-state index is 8.47. The Morgan fingerprint density at radius 3 is 1.83 bits per heavy atom. The van der Waals surface area contributed by atoms with Crippen LogP contribution in [0.3, 0.4) is 0 Å². The summed E-state index contributed by atoms with van der Waals surface area (Å²) in [5, 5.41) is 1.44. The maximum Gasteiger partial charge on any atom is 0.0613 e. The fourth-order valence-corrected chi connectivity index (χ4v) is 0.805. The van der Waals surface area contributed by atoms with Gasteiger partial charge in [-0.25, -0.2) is 0 Å². The van der Waals surface area contributed by atoms with Crippen LogP contribution in [0, 0.1) is 0 Å². The first kappa shape index (κ1) is 4.18. The fraction of sp³-hybridized carbons (Fsp3) is 0.333. The van der Waals surface area contributed by atoms with Crippen LogP contribution in [0.4, 0.5) is 0 Å². The molecule has 6 heavy (non-hydrogen) atoms. The zero-order valence-corrected chi connectivity index (χ0v) is 3.98. The topological polar surface area (TPSA) is 40.5 Å². The lowest BCUT2D eigenvalue weighted by atomic mass is 10.7. The largest absolute Gasteiger partial charge is 0.295 e. The average Bonchev–Trinajstić information content (AvgIpc) is 1.32. The summed E-state index contributed by atoms with van der Waals surface area (Å²) in [6.07, 6.45) is 1.75. The molecule has 36 valence electrons. The molecule has 1 rings (SSSR count). The van der Waals surface area contributed by atoms with E-state index in [1.807, 2.05) is 0 Å². The molecule has 0 amide bonds. The average molecular weight is 106 g/mol.